The molecule has 0 heterocycles. The van der Waals surface area contributed by atoms with E-state index in [4.69, 9.17) is 0 Å². The molecule has 0 amide bonds. The van der Waals surface area contributed by atoms with Gasteiger partial charge in [0.2, 0.25) is 0 Å². The summed E-state index contributed by atoms with van der Waals surface area (Å²) in [6, 6.07) is 11.3. The molecule has 0 N–H and O–H groups in total. The first-order valence-corrected chi connectivity index (χ1v) is 6.90. The second-order valence-corrected chi connectivity index (χ2v) is 5.52. The maximum atomic E-state index is 9.27. The van der Waals surface area contributed by atoms with E-state index in [1.165, 1.54) is 24.1 Å². The number of nitrogens with zero attached hydrogens (tertiary/aromatic N) is 2. The Morgan fingerprint density at radius 1 is 1.28 bits per heavy atom. The summed E-state index contributed by atoms with van der Waals surface area (Å²) in [6.45, 7) is 3.06. The van der Waals surface area contributed by atoms with Crippen LogP contribution < -0.4 is 4.90 Å². The number of anilines is 1. The maximum absolute atomic E-state index is 9.27. The van der Waals surface area contributed by atoms with E-state index in [2.05, 4.69) is 49.2 Å². The summed E-state index contributed by atoms with van der Waals surface area (Å²) >= 11 is 0. The van der Waals surface area contributed by atoms with Gasteiger partial charge in [-0.2, -0.15) is 5.26 Å². The van der Waals surface area contributed by atoms with Gasteiger partial charge < -0.3 is 4.90 Å². The lowest BCUT2D eigenvalue weighted by Crippen LogP contribution is -2.39. The Labute approximate surface area is 110 Å². The zero-order valence-electron chi connectivity index (χ0n) is 11.4. The van der Waals surface area contributed by atoms with Crippen LogP contribution in [-0.4, -0.2) is 13.6 Å². The van der Waals surface area contributed by atoms with E-state index in [9.17, 15) is 5.26 Å². The Kier molecular flexibility index (Phi) is 3.91. The normalized spacial score (nSPS) is 16.7. The molecule has 2 nitrogen and oxygen atoms in total. The zero-order valence-corrected chi connectivity index (χ0v) is 11.4. The molecule has 1 saturated carbocycles. The highest BCUT2D eigenvalue weighted by atomic mass is 15.1. The van der Waals surface area contributed by atoms with Gasteiger partial charge in [0.1, 0.15) is 0 Å². The van der Waals surface area contributed by atoms with Crippen LogP contribution >= 0.6 is 0 Å². The first-order chi connectivity index (χ1) is 8.69. The minimum absolute atomic E-state index is 0.0865. The summed E-state index contributed by atoms with van der Waals surface area (Å²) in [5.41, 5.74) is 2.53. The fraction of sp³-hybridized carbons (Fsp3) is 0.562. The Hall–Kier alpha value is -1.49. The molecule has 0 spiro atoms. The average molecular weight is 242 g/mol. The Bertz CT molecular complexity index is 423. The van der Waals surface area contributed by atoms with Crippen molar-refractivity contribution in [3.8, 4) is 6.07 Å². The van der Waals surface area contributed by atoms with Crippen LogP contribution in [-0.2, 0) is 6.42 Å². The largest absolute Gasteiger partial charge is 0.373 e. The molecule has 0 unspecified atom stereocenters. The molecule has 0 bridgehead atoms. The van der Waals surface area contributed by atoms with Crippen molar-refractivity contribution in [1.29, 1.82) is 5.26 Å². The van der Waals surface area contributed by atoms with Gasteiger partial charge in [-0.1, -0.05) is 31.9 Å². The van der Waals surface area contributed by atoms with Gasteiger partial charge in [-0.25, -0.2) is 0 Å². The Morgan fingerprint density at radius 2 is 1.94 bits per heavy atom. The molecule has 0 atom stereocenters. The topological polar surface area (TPSA) is 27.0 Å². The van der Waals surface area contributed by atoms with Crippen molar-refractivity contribution in [1.82, 2.24) is 0 Å². The van der Waals surface area contributed by atoms with E-state index in [0.717, 1.165) is 25.8 Å². The highest BCUT2D eigenvalue weighted by Gasteiger charge is 2.38. The van der Waals surface area contributed by atoms with E-state index in [-0.39, 0.29) is 5.41 Å². The highest BCUT2D eigenvalue weighted by molar-refractivity contribution is 5.47. The van der Waals surface area contributed by atoms with Gasteiger partial charge >= 0.3 is 0 Å². The van der Waals surface area contributed by atoms with Crippen molar-refractivity contribution in [2.75, 3.05) is 18.5 Å². The lowest BCUT2D eigenvalue weighted by Gasteiger charge is -2.39. The van der Waals surface area contributed by atoms with E-state index >= 15 is 0 Å². The van der Waals surface area contributed by atoms with E-state index < -0.39 is 0 Å². The summed E-state index contributed by atoms with van der Waals surface area (Å²) < 4.78 is 0. The smallest absolute Gasteiger partial charge is 0.0748 e. The fourth-order valence-corrected chi connectivity index (χ4v) is 2.66. The highest BCUT2D eigenvalue weighted by Crippen LogP contribution is 2.41. The minimum atomic E-state index is -0.0865. The van der Waals surface area contributed by atoms with Crippen LogP contribution in [0.3, 0.4) is 0 Å². The molecule has 1 fully saturated rings. The van der Waals surface area contributed by atoms with Gasteiger partial charge in [-0.15, -0.1) is 0 Å². The second-order valence-electron chi connectivity index (χ2n) is 5.52. The van der Waals surface area contributed by atoms with Crippen LogP contribution in [0.1, 0.15) is 38.2 Å². The van der Waals surface area contributed by atoms with Gasteiger partial charge in [0.25, 0.3) is 0 Å². The molecule has 0 aliphatic heterocycles. The number of benzene rings is 1. The third kappa shape index (κ3) is 2.67. The molecular formula is C16H22N2. The number of hydrogen-bond donors (Lipinski definition) is 0. The van der Waals surface area contributed by atoms with Crippen LogP contribution in [0.2, 0.25) is 0 Å². The predicted octanol–water partition coefficient (Wildman–Crippen LogP) is 3.77. The Morgan fingerprint density at radius 3 is 2.39 bits per heavy atom. The van der Waals surface area contributed by atoms with Crippen LogP contribution in [0.5, 0.6) is 0 Å². The lowest BCUT2D eigenvalue weighted by molar-refractivity contribution is 0.223. The zero-order chi connectivity index (χ0) is 13.0. The molecular weight excluding hydrogens is 220 g/mol. The third-order valence-electron chi connectivity index (χ3n) is 4.00. The summed E-state index contributed by atoms with van der Waals surface area (Å²) in [5, 5.41) is 9.27. The fourth-order valence-electron chi connectivity index (χ4n) is 2.66. The molecule has 1 aliphatic rings. The van der Waals surface area contributed by atoms with Gasteiger partial charge in [-0.05, 0) is 37.0 Å². The van der Waals surface area contributed by atoms with Crippen LogP contribution in [0.25, 0.3) is 0 Å². The van der Waals surface area contributed by atoms with E-state index in [1.54, 1.807) is 0 Å². The molecule has 1 aromatic rings. The number of aryl methyl sites for hydroxylation is 1. The van der Waals surface area contributed by atoms with E-state index in [1.807, 2.05) is 0 Å². The van der Waals surface area contributed by atoms with Crippen molar-refractivity contribution in [2.45, 2.75) is 39.0 Å². The molecule has 0 saturated heterocycles. The maximum Gasteiger partial charge on any atom is 0.0748 e. The summed E-state index contributed by atoms with van der Waals surface area (Å²) in [7, 11) is 2.09. The predicted molar refractivity (Wildman–Crippen MR) is 75.6 cm³/mol. The first kappa shape index (κ1) is 13.0. The molecule has 0 aromatic heterocycles. The Balaban J connectivity index is 2.00. The standard InChI is InChI=1S/C16H22N2/c1-3-5-14-6-8-15(9-7-14)18(2)13-16(12-17)10-4-11-16/h6-9H,3-5,10-11,13H2,1-2H3. The lowest BCUT2D eigenvalue weighted by atomic mass is 9.69. The van der Waals surface area contributed by atoms with Crippen molar-refractivity contribution < 1.29 is 0 Å². The first-order valence-electron chi connectivity index (χ1n) is 6.90. The minimum Gasteiger partial charge on any atom is -0.373 e. The summed E-state index contributed by atoms with van der Waals surface area (Å²) in [5.74, 6) is 0. The second kappa shape index (κ2) is 5.44. The molecule has 1 aliphatic carbocycles. The van der Waals surface area contributed by atoms with Crippen LogP contribution in [0.15, 0.2) is 24.3 Å². The van der Waals surface area contributed by atoms with Crippen molar-refractivity contribution >= 4 is 5.69 Å². The molecule has 0 radical (unpaired) electrons. The van der Waals surface area contributed by atoms with Crippen LogP contribution in [0.4, 0.5) is 5.69 Å². The number of rotatable bonds is 5. The third-order valence-corrected chi connectivity index (χ3v) is 4.00. The number of nitriles is 1. The van der Waals surface area contributed by atoms with Gasteiger partial charge in [0.15, 0.2) is 0 Å². The average Bonchev–Trinajstić information content (AvgIpc) is 2.35. The van der Waals surface area contributed by atoms with E-state index in [0.29, 0.717) is 0 Å². The number of hydrogen-bond acceptors (Lipinski definition) is 2. The SMILES string of the molecule is CCCc1ccc(N(C)CC2(C#N)CCC2)cc1. The quantitative estimate of drug-likeness (QED) is 0.786. The van der Waals surface area contributed by atoms with Crippen molar-refractivity contribution in [2.24, 2.45) is 5.41 Å². The molecule has 2 heteroatoms. The van der Waals surface area contributed by atoms with Gasteiger partial charge in [0.05, 0.1) is 11.5 Å². The molecule has 1 aromatic carbocycles. The molecule has 96 valence electrons. The van der Waals surface area contributed by atoms with Gasteiger partial charge in [0, 0.05) is 19.3 Å². The molecule has 18 heavy (non-hydrogen) atoms. The summed E-state index contributed by atoms with van der Waals surface area (Å²) in [4.78, 5) is 2.22. The van der Waals surface area contributed by atoms with Crippen molar-refractivity contribution in [3.63, 3.8) is 0 Å². The molecule has 2 rings (SSSR count). The summed E-state index contributed by atoms with van der Waals surface area (Å²) in [6.07, 6.45) is 5.65. The van der Waals surface area contributed by atoms with Crippen LogP contribution in [0, 0.1) is 16.7 Å². The van der Waals surface area contributed by atoms with Gasteiger partial charge in [-0.3, -0.25) is 0 Å². The monoisotopic (exact) mass is 242 g/mol. The van der Waals surface area contributed by atoms with Crippen molar-refractivity contribution in [3.05, 3.63) is 29.8 Å².